The van der Waals surface area contributed by atoms with Crippen molar-refractivity contribution in [3.8, 4) is 11.1 Å². The first-order valence-electron chi connectivity index (χ1n) is 10.0. The number of nitrogens with zero attached hydrogens (tertiary/aromatic N) is 2. The zero-order valence-electron chi connectivity index (χ0n) is 17.5. The summed E-state index contributed by atoms with van der Waals surface area (Å²) < 4.78 is 0. The van der Waals surface area contributed by atoms with Gasteiger partial charge in [0.1, 0.15) is 6.04 Å². The highest BCUT2D eigenvalue weighted by atomic mass is 32.2. The van der Waals surface area contributed by atoms with Crippen LogP contribution in [0.5, 0.6) is 0 Å². The summed E-state index contributed by atoms with van der Waals surface area (Å²) in [5.74, 6) is -0.00366. The van der Waals surface area contributed by atoms with Gasteiger partial charge in [0.15, 0.2) is 5.82 Å². The molecule has 0 bridgehead atoms. The standard InChI is InChI=1S/C23H26N4O3S/c1-3-27(21-14-24-15-25-21)17-9-10-18(19(13-17)16-7-5-4-6-8-16)22(28)26-20(23(29)30)11-12-31-2/h4-10,13-15,20H,3,11-12H2,1-2H3,(H,24,25)(H,26,28)(H,29,30). The minimum atomic E-state index is -1.03. The zero-order chi connectivity index (χ0) is 22.2. The van der Waals surface area contributed by atoms with Gasteiger partial charge in [-0.25, -0.2) is 9.78 Å². The summed E-state index contributed by atoms with van der Waals surface area (Å²) in [7, 11) is 0. The third-order valence-corrected chi connectivity index (χ3v) is 5.58. The van der Waals surface area contributed by atoms with E-state index in [0.717, 1.165) is 22.6 Å². The molecule has 3 rings (SSSR count). The van der Waals surface area contributed by atoms with E-state index in [1.54, 1.807) is 24.2 Å². The second-order valence-electron chi connectivity index (χ2n) is 6.91. The molecule has 31 heavy (non-hydrogen) atoms. The minimum Gasteiger partial charge on any atom is -0.480 e. The Morgan fingerprint density at radius 2 is 2.00 bits per heavy atom. The summed E-state index contributed by atoms with van der Waals surface area (Å²) in [6.07, 6.45) is 5.71. The number of hydrogen-bond acceptors (Lipinski definition) is 5. The largest absolute Gasteiger partial charge is 0.480 e. The van der Waals surface area contributed by atoms with Crippen LogP contribution in [0.1, 0.15) is 23.7 Å². The molecule has 162 valence electrons. The first-order valence-corrected chi connectivity index (χ1v) is 11.4. The molecule has 0 saturated heterocycles. The van der Waals surface area contributed by atoms with Crippen molar-refractivity contribution in [2.24, 2.45) is 0 Å². The fraction of sp³-hybridized carbons (Fsp3) is 0.261. The number of carbonyl (C=O) groups is 2. The van der Waals surface area contributed by atoms with E-state index in [9.17, 15) is 14.7 Å². The highest BCUT2D eigenvalue weighted by Gasteiger charge is 2.23. The molecule has 0 aliphatic heterocycles. The number of aromatic amines is 1. The SMILES string of the molecule is CCN(c1ccc(C(=O)NC(CCSC)C(=O)O)c(-c2ccccc2)c1)c1c[nH]cn1. The van der Waals surface area contributed by atoms with E-state index in [-0.39, 0.29) is 0 Å². The Morgan fingerprint density at radius 1 is 1.23 bits per heavy atom. The van der Waals surface area contributed by atoms with Crippen LogP contribution in [0, 0.1) is 0 Å². The lowest BCUT2D eigenvalue weighted by molar-refractivity contribution is -0.139. The Morgan fingerprint density at radius 3 is 2.61 bits per heavy atom. The molecule has 8 heteroatoms. The molecule has 0 spiro atoms. The maximum absolute atomic E-state index is 13.1. The number of H-pyrrole nitrogens is 1. The van der Waals surface area contributed by atoms with E-state index >= 15 is 0 Å². The monoisotopic (exact) mass is 438 g/mol. The smallest absolute Gasteiger partial charge is 0.326 e. The van der Waals surface area contributed by atoms with Crippen molar-refractivity contribution in [1.82, 2.24) is 15.3 Å². The molecule has 1 heterocycles. The Balaban J connectivity index is 1.99. The van der Waals surface area contributed by atoms with Crippen molar-refractivity contribution in [3.63, 3.8) is 0 Å². The number of hydrogen-bond donors (Lipinski definition) is 3. The van der Waals surface area contributed by atoms with Crippen LogP contribution >= 0.6 is 11.8 Å². The van der Waals surface area contributed by atoms with Crippen molar-refractivity contribution >= 4 is 35.1 Å². The van der Waals surface area contributed by atoms with Crippen molar-refractivity contribution < 1.29 is 14.7 Å². The molecule has 1 amide bonds. The Bertz CT molecular complexity index is 1010. The van der Waals surface area contributed by atoms with Crippen LogP contribution in [0.4, 0.5) is 11.5 Å². The normalized spacial score (nSPS) is 11.7. The third kappa shape index (κ3) is 5.46. The number of nitrogens with one attached hydrogen (secondary N) is 2. The van der Waals surface area contributed by atoms with Gasteiger partial charge in [-0.3, -0.25) is 4.79 Å². The van der Waals surface area contributed by atoms with Crippen LogP contribution in [0.25, 0.3) is 11.1 Å². The van der Waals surface area contributed by atoms with Gasteiger partial charge in [0.2, 0.25) is 0 Å². The van der Waals surface area contributed by atoms with Crippen molar-refractivity contribution in [1.29, 1.82) is 0 Å². The lowest BCUT2D eigenvalue weighted by Crippen LogP contribution is -2.41. The quantitative estimate of drug-likeness (QED) is 0.439. The zero-order valence-corrected chi connectivity index (χ0v) is 18.4. The van der Waals surface area contributed by atoms with Crippen LogP contribution in [0.3, 0.4) is 0 Å². The number of anilines is 2. The minimum absolute atomic E-state index is 0.365. The summed E-state index contributed by atoms with van der Waals surface area (Å²) in [5, 5.41) is 12.2. The molecular formula is C23H26N4O3S. The maximum atomic E-state index is 13.1. The molecule has 0 radical (unpaired) electrons. The van der Waals surface area contributed by atoms with Gasteiger partial charge in [-0.15, -0.1) is 0 Å². The van der Waals surface area contributed by atoms with Crippen molar-refractivity contribution in [2.45, 2.75) is 19.4 Å². The number of aromatic nitrogens is 2. The third-order valence-electron chi connectivity index (χ3n) is 4.93. The molecule has 1 atom stereocenters. The number of imidazole rings is 1. The Labute approximate surface area is 185 Å². The average molecular weight is 439 g/mol. The van der Waals surface area contributed by atoms with Gasteiger partial charge in [0.05, 0.1) is 6.33 Å². The van der Waals surface area contributed by atoms with E-state index in [4.69, 9.17) is 0 Å². The molecule has 1 aromatic heterocycles. The number of carbonyl (C=O) groups excluding carboxylic acids is 1. The average Bonchev–Trinajstić information content (AvgIpc) is 3.32. The topological polar surface area (TPSA) is 98.3 Å². The molecule has 1 unspecified atom stereocenters. The van der Waals surface area contributed by atoms with Crippen LogP contribution in [-0.2, 0) is 4.79 Å². The van der Waals surface area contributed by atoms with Gasteiger partial charge >= 0.3 is 5.97 Å². The number of thioether (sulfide) groups is 1. The van der Waals surface area contributed by atoms with E-state index in [1.165, 1.54) is 0 Å². The molecule has 3 N–H and O–H groups in total. The van der Waals surface area contributed by atoms with Gasteiger partial charge in [-0.2, -0.15) is 11.8 Å². The summed E-state index contributed by atoms with van der Waals surface area (Å²) in [6.45, 7) is 2.72. The first kappa shape index (κ1) is 22.4. The van der Waals surface area contributed by atoms with Crippen LogP contribution in [-0.4, -0.2) is 51.5 Å². The number of benzene rings is 2. The van der Waals surface area contributed by atoms with Crippen LogP contribution in [0.2, 0.25) is 0 Å². The van der Waals surface area contributed by atoms with Crippen molar-refractivity contribution in [2.75, 3.05) is 23.5 Å². The lowest BCUT2D eigenvalue weighted by atomic mass is 9.97. The van der Waals surface area contributed by atoms with E-state index in [0.29, 0.717) is 24.3 Å². The Kier molecular flexibility index (Phi) is 7.72. The maximum Gasteiger partial charge on any atom is 0.326 e. The van der Waals surface area contributed by atoms with Crippen LogP contribution in [0.15, 0.2) is 61.1 Å². The van der Waals surface area contributed by atoms with Crippen LogP contribution < -0.4 is 10.2 Å². The molecule has 0 aliphatic rings. The van der Waals surface area contributed by atoms with E-state index in [2.05, 4.69) is 15.3 Å². The fourth-order valence-corrected chi connectivity index (χ4v) is 3.83. The summed E-state index contributed by atoms with van der Waals surface area (Å²) in [6, 6.07) is 14.2. The second-order valence-corrected chi connectivity index (χ2v) is 7.90. The summed E-state index contributed by atoms with van der Waals surface area (Å²) in [4.78, 5) is 34.0. The Hall–Kier alpha value is -3.26. The molecule has 3 aromatic rings. The van der Waals surface area contributed by atoms with E-state index in [1.807, 2.05) is 66.7 Å². The number of carboxylic acids is 1. The number of aliphatic carboxylic acids is 1. The molecule has 0 aliphatic carbocycles. The van der Waals surface area contributed by atoms with Gasteiger partial charge in [-0.05, 0) is 54.7 Å². The highest BCUT2D eigenvalue weighted by Crippen LogP contribution is 2.31. The van der Waals surface area contributed by atoms with E-state index < -0.39 is 17.9 Å². The summed E-state index contributed by atoms with van der Waals surface area (Å²) >= 11 is 1.55. The lowest BCUT2D eigenvalue weighted by Gasteiger charge is -2.23. The number of rotatable bonds is 10. The predicted molar refractivity (Wildman–Crippen MR) is 125 cm³/mol. The molecular weight excluding hydrogens is 412 g/mol. The predicted octanol–water partition coefficient (Wildman–Crippen LogP) is 4.17. The highest BCUT2D eigenvalue weighted by molar-refractivity contribution is 7.98. The molecule has 2 aromatic carbocycles. The fourth-order valence-electron chi connectivity index (χ4n) is 3.36. The van der Waals surface area contributed by atoms with Gasteiger partial charge < -0.3 is 20.3 Å². The molecule has 7 nitrogen and oxygen atoms in total. The number of amides is 1. The molecule has 0 saturated carbocycles. The first-order chi connectivity index (χ1) is 15.0. The molecule has 0 fully saturated rings. The summed E-state index contributed by atoms with van der Waals surface area (Å²) in [5.41, 5.74) is 2.94. The van der Waals surface area contributed by atoms with Crippen molar-refractivity contribution in [3.05, 3.63) is 66.6 Å². The number of carboxylic acid groups (broad SMARTS) is 1. The second kappa shape index (κ2) is 10.7. The van der Waals surface area contributed by atoms with Gasteiger partial charge in [0.25, 0.3) is 5.91 Å². The van der Waals surface area contributed by atoms with Gasteiger partial charge in [-0.1, -0.05) is 30.3 Å². The van der Waals surface area contributed by atoms with Gasteiger partial charge in [0, 0.05) is 24.0 Å².